The van der Waals surface area contributed by atoms with Crippen LogP contribution in [0.1, 0.15) is 22.9 Å². The Morgan fingerprint density at radius 2 is 1.35 bits per heavy atom. The molecule has 0 amide bonds. The monoisotopic (exact) mass is 538 g/mol. The Labute approximate surface area is 231 Å². The van der Waals surface area contributed by atoms with E-state index in [1.54, 1.807) is 4.68 Å². The second-order valence-electron chi connectivity index (χ2n) is 9.65. The molecule has 1 N–H and O–H groups in total. The summed E-state index contributed by atoms with van der Waals surface area (Å²) in [6.45, 7) is 1.44. The zero-order chi connectivity index (χ0) is 27.1. The van der Waals surface area contributed by atoms with Crippen molar-refractivity contribution in [2.24, 2.45) is 0 Å². The Bertz CT molecular complexity index is 1560. The Hall–Kier alpha value is -4.15. The molecule has 3 heterocycles. The molecule has 2 aromatic heterocycles. The lowest BCUT2D eigenvalue weighted by Gasteiger charge is -2.25. The molecule has 1 aliphatic rings. The lowest BCUT2D eigenvalue weighted by atomic mass is 10.1. The highest BCUT2D eigenvalue weighted by molar-refractivity contribution is 5.72. The summed E-state index contributed by atoms with van der Waals surface area (Å²) in [7, 11) is 0. The molecule has 4 atom stereocenters. The van der Waals surface area contributed by atoms with Crippen LogP contribution in [0, 0.1) is 0 Å². The van der Waals surface area contributed by atoms with Gasteiger partial charge < -0.3 is 23.9 Å². The van der Waals surface area contributed by atoms with Crippen molar-refractivity contribution in [2.75, 3.05) is 6.61 Å². The van der Waals surface area contributed by atoms with E-state index in [0.717, 1.165) is 16.7 Å². The Balaban J connectivity index is 1.30. The van der Waals surface area contributed by atoms with Crippen LogP contribution in [0.3, 0.4) is 0 Å². The topological polar surface area (TPSA) is 100 Å². The standard InChI is InChI=1S/C31H30N4O5/c36-30-25-16-34-35(29(25)32-21-33-30)31-28(39-19-24-14-8-3-9-15-24)27(38-18-23-12-6-2-7-13-23)26(40-31)20-37-17-22-10-4-1-5-11-22/h1-16,21,26-28,31H,17-20H2,(H,32,33,36)/t26-,27-,28+,31+/m1/s1. The normalized spacial score (nSPS) is 20.7. The van der Waals surface area contributed by atoms with Gasteiger partial charge in [0.15, 0.2) is 11.9 Å². The first-order valence-corrected chi connectivity index (χ1v) is 13.3. The highest BCUT2D eigenvalue weighted by Gasteiger charge is 2.48. The number of hydrogen-bond acceptors (Lipinski definition) is 7. The zero-order valence-corrected chi connectivity index (χ0v) is 21.8. The maximum atomic E-state index is 12.4. The first-order valence-electron chi connectivity index (χ1n) is 13.3. The SMILES string of the molecule is O=c1[nH]cnc2c1cnn2[C@H]1O[C@H](COCc2ccccc2)[C@@H](OCc2ccccc2)[C@@H]1OCc1ccccc1. The molecule has 0 spiro atoms. The summed E-state index contributed by atoms with van der Waals surface area (Å²) >= 11 is 0. The van der Waals surface area contributed by atoms with E-state index in [4.69, 9.17) is 18.9 Å². The lowest BCUT2D eigenvalue weighted by Crippen LogP contribution is -2.38. The number of nitrogens with one attached hydrogen (secondary N) is 1. The largest absolute Gasteiger partial charge is 0.374 e. The number of fused-ring (bicyclic) bond motifs is 1. The van der Waals surface area contributed by atoms with Crippen LogP contribution in [0.2, 0.25) is 0 Å². The van der Waals surface area contributed by atoms with E-state index in [2.05, 4.69) is 15.1 Å². The summed E-state index contributed by atoms with van der Waals surface area (Å²) in [5.41, 5.74) is 3.27. The summed E-state index contributed by atoms with van der Waals surface area (Å²) < 4.78 is 27.3. The number of aromatic nitrogens is 4. The third-order valence-corrected chi connectivity index (χ3v) is 6.89. The van der Waals surface area contributed by atoms with E-state index >= 15 is 0 Å². The van der Waals surface area contributed by atoms with Crippen LogP contribution in [0.5, 0.6) is 0 Å². The molecule has 1 saturated heterocycles. The number of hydrogen-bond donors (Lipinski definition) is 1. The highest BCUT2D eigenvalue weighted by atomic mass is 16.6. The van der Waals surface area contributed by atoms with Gasteiger partial charge in [-0.2, -0.15) is 5.10 Å². The Morgan fingerprint density at radius 1 is 0.775 bits per heavy atom. The van der Waals surface area contributed by atoms with Gasteiger partial charge >= 0.3 is 0 Å². The van der Waals surface area contributed by atoms with Gasteiger partial charge in [-0.15, -0.1) is 0 Å². The van der Waals surface area contributed by atoms with Gasteiger partial charge in [-0.25, -0.2) is 9.67 Å². The van der Waals surface area contributed by atoms with Gasteiger partial charge in [-0.1, -0.05) is 91.0 Å². The van der Waals surface area contributed by atoms with E-state index in [9.17, 15) is 4.79 Å². The third-order valence-electron chi connectivity index (χ3n) is 6.89. The fraction of sp³-hybridized carbons (Fsp3) is 0.258. The van der Waals surface area contributed by atoms with Gasteiger partial charge in [0.25, 0.3) is 5.56 Å². The summed E-state index contributed by atoms with van der Waals surface area (Å²) in [6.07, 6.45) is 0.671. The smallest absolute Gasteiger partial charge is 0.261 e. The molecule has 6 rings (SSSR count). The minimum atomic E-state index is -0.693. The van der Waals surface area contributed by atoms with Crippen molar-refractivity contribution < 1.29 is 18.9 Å². The molecular formula is C31H30N4O5. The molecule has 0 aliphatic carbocycles. The minimum absolute atomic E-state index is 0.268. The van der Waals surface area contributed by atoms with Crippen LogP contribution in [-0.2, 0) is 38.8 Å². The van der Waals surface area contributed by atoms with Crippen molar-refractivity contribution in [2.45, 2.75) is 44.4 Å². The molecule has 40 heavy (non-hydrogen) atoms. The molecule has 5 aromatic rings. The average Bonchev–Trinajstić information content (AvgIpc) is 3.58. The second-order valence-corrected chi connectivity index (χ2v) is 9.65. The van der Waals surface area contributed by atoms with Crippen molar-refractivity contribution in [3.05, 3.63) is 131 Å². The highest BCUT2D eigenvalue weighted by Crippen LogP contribution is 2.36. The van der Waals surface area contributed by atoms with E-state index in [0.29, 0.717) is 30.9 Å². The molecule has 1 fully saturated rings. The quantitative estimate of drug-likeness (QED) is 0.266. The second kappa shape index (κ2) is 12.4. The first-order chi connectivity index (χ1) is 19.8. The van der Waals surface area contributed by atoms with Crippen molar-refractivity contribution in [3.63, 3.8) is 0 Å². The number of rotatable bonds is 11. The summed E-state index contributed by atoms with van der Waals surface area (Å²) in [4.78, 5) is 19.4. The van der Waals surface area contributed by atoms with Gasteiger partial charge in [0, 0.05) is 0 Å². The summed E-state index contributed by atoms with van der Waals surface area (Å²) in [6, 6.07) is 29.9. The number of aromatic amines is 1. The maximum absolute atomic E-state index is 12.4. The molecule has 9 nitrogen and oxygen atoms in total. The minimum Gasteiger partial charge on any atom is -0.374 e. The molecule has 3 aromatic carbocycles. The van der Waals surface area contributed by atoms with Crippen molar-refractivity contribution >= 4 is 11.0 Å². The number of ether oxygens (including phenoxy) is 4. The van der Waals surface area contributed by atoms with E-state index in [1.807, 2.05) is 91.0 Å². The van der Waals surface area contributed by atoms with Crippen LogP contribution in [0.4, 0.5) is 0 Å². The first kappa shape index (κ1) is 26.1. The molecule has 0 bridgehead atoms. The van der Waals surface area contributed by atoms with Crippen LogP contribution >= 0.6 is 0 Å². The van der Waals surface area contributed by atoms with Crippen LogP contribution in [0.15, 0.2) is 108 Å². The fourth-order valence-corrected chi connectivity index (χ4v) is 4.88. The van der Waals surface area contributed by atoms with Crippen LogP contribution < -0.4 is 5.56 Å². The van der Waals surface area contributed by atoms with Crippen molar-refractivity contribution in [1.29, 1.82) is 0 Å². The van der Waals surface area contributed by atoms with Crippen molar-refractivity contribution in [1.82, 2.24) is 19.7 Å². The summed E-state index contributed by atoms with van der Waals surface area (Å²) in [5.74, 6) is 0. The summed E-state index contributed by atoms with van der Waals surface area (Å²) in [5, 5.41) is 4.86. The Kier molecular flexibility index (Phi) is 8.06. The third kappa shape index (κ3) is 5.88. The molecule has 0 saturated carbocycles. The van der Waals surface area contributed by atoms with Gasteiger partial charge in [-0.3, -0.25) is 4.79 Å². The molecular weight excluding hydrogens is 508 g/mol. The van der Waals surface area contributed by atoms with E-state index < -0.39 is 24.5 Å². The number of benzene rings is 3. The molecule has 0 radical (unpaired) electrons. The molecule has 0 unspecified atom stereocenters. The van der Waals surface area contributed by atoms with Gasteiger partial charge in [0.05, 0.1) is 39.0 Å². The molecule has 204 valence electrons. The predicted molar refractivity (Wildman–Crippen MR) is 148 cm³/mol. The average molecular weight is 539 g/mol. The van der Waals surface area contributed by atoms with Gasteiger partial charge in [-0.05, 0) is 16.7 Å². The molecule has 1 aliphatic heterocycles. The van der Waals surface area contributed by atoms with Gasteiger partial charge in [0.2, 0.25) is 0 Å². The predicted octanol–water partition coefficient (Wildman–Crippen LogP) is 4.40. The Morgan fingerprint density at radius 3 is 1.98 bits per heavy atom. The van der Waals surface area contributed by atoms with Crippen LogP contribution in [-0.4, -0.2) is 44.7 Å². The van der Waals surface area contributed by atoms with E-state index in [-0.39, 0.29) is 12.2 Å². The maximum Gasteiger partial charge on any atom is 0.261 e. The van der Waals surface area contributed by atoms with Crippen LogP contribution in [0.25, 0.3) is 11.0 Å². The number of H-pyrrole nitrogens is 1. The molecule has 9 heteroatoms. The fourth-order valence-electron chi connectivity index (χ4n) is 4.88. The zero-order valence-electron chi connectivity index (χ0n) is 21.8. The van der Waals surface area contributed by atoms with Gasteiger partial charge in [0.1, 0.15) is 23.7 Å². The number of nitrogens with zero attached hydrogens (tertiary/aromatic N) is 3. The lowest BCUT2D eigenvalue weighted by molar-refractivity contribution is -0.0926. The van der Waals surface area contributed by atoms with E-state index in [1.165, 1.54) is 12.5 Å². The van der Waals surface area contributed by atoms with Crippen molar-refractivity contribution in [3.8, 4) is 0 Å².